The molecule has 0 amide bonds. The summed E-state index contributed by atoms with van der Waals surface area (Å²) in [5.74, 6) is 0. The van der Waals surface area contributed by atoms with E-state index in [1.54, 1.807) is 11.8 Å². The van der Waals surface area contributed by atoms with Crippen LogP contribution >= 0.6 is 27.7 Å². The maximum atomic E-state index is 4.11. The Morgan fingerprint density at radius 2 is 2.06 bits per heavy atom. The van der Waals surface area contributed by atoms with Crippen LogP contribution in [0.2, 0.25) is 0 Å². The van der Waals surface area contributed by atoms with E-state index in [1.165, 1.54) is 10.5 Å². The van der Waals surface area contributed by atoms with E-state index in [1.807, 2.05) is 17.8 Å². The van der Waals surface area contributed by atoms with Crippen molar-refractivity contribution in [3.05, 3.63) is 41.7 Å². The smallest absolute Gasteiger partial charge is 0.0960 e. The van der Waals surface area contributed by atoms with E-state index in [-0.39, 0.29) is 4.83 Å². The van der Waals surface area contributed by atoms with Gasteiger partial charge in [-0.1, -0.05) is 33.3 Å². The van der Waals surface area contributed by atoms with E-state index in [4.69, 9.17) is 0 Å². The SMILES string of the molecule is CSc1ccc(Cn2cc(C(C)Br)nn2)cc1. The van der Waals surface area contributed by atoms with Crippen LogP contribution < -0.4 is 0 Å². The summed E-state index contributed by atoms with van der Waals surface area (Å²) in [5.41, 5.74) is 2.20. The van der Waals surface area contributed by atoms with Crippen molar-refractivity contribution in [2.75, 3.05) is 6.26 Å². The number of rotatable bonds is 4. The fourth-order valence-electron chi connectivity index (χ4n) is 1.49. The third-order valence-corrected chi connectivity index (χ3v) is 3.68. The molecule has 5 heteroatoms. The van der Waals surface area contributed by atoms with Gasteiger partial charge in [0.15, 0.2) is 0 Å². The monoisotopic (exact) mass is 311 g/mol. The van der Waals surface area contributed by atoms with E-state index < -0.39 is 0 Å². The minimum atomic E-state index is 0.245. The molecular formula is C12H14BrN3S. The predicted octanol–water partition coefficient (Wildman–Crippen LogP) is 3.50. The molecule has 1 atom stereocenters. The Hall–Kier alpha value is -0.810. The minimum absolute atomic E-state index is 0.245. The van der Waals surface area contributed by atoms with Crippen molar-refractivity contribution in [1.82, 2.24) is 15.0 Å². The van der Waals surface area contributed by atoms with E-state index in [9.17, 15) is 0 Å². The lowest BCUT2D eigenvalue weighted by Gasteiger charge is -2.02. The number of hydrogen-bond acceptors (Lipinski definition) is 3. The van der Waals surface area contributed by atoms with Crippen molar-refractivity contribution < 1.29 is 0 Å². The maximum absolute atomic E-state index is 4.11. The van der Waals surface area contributed by atoms with Crippen molar-refractivity contribution in [3.63, 3.8) is 0 Å². The highest BCUT2D eigenvalue weighted by molar-refractivity contribution is 9.09. The van der Waals surface area contributed by atoms with Crippen LogP contribution in [-0.4, -0.2) is 21.2 Å². The number of thioether (sulfide) groups is 1. The first-order valence-corrected chi connectivity index (χ1v) is 7.50. The Morgan fingerprint density at radius 1 is 1.35 bits per heavy atom. The molecule has 0 bridgehead atoms. The van der Waals surface area contributed by atoms with Gasteiger partial charge in [-0.25, -0.2) is 4.68 Å². The van der Waals surface area contributed by atoms with Gasteiger partial charge in [-0.3, -0.25) is 0 Å². The van der Waals surface area contributed by atoms with Crippen LogP contribution in [0.25, 0.3) is 0 Å². The quantitative estimate of drug-likeness (QED) is 0.639. The summed E-state index contributed by atoms with van der Waals surface area (Å²) >= 11 is 5.23. The van der Waals surface area contributed by atoms with Crippen LogP contribution in [0, 0.1) is 0 Å². The zero-order chi connectivity index (χ0) is 12.3. The Kier molecular flexibility index (Phi) is 4.23. The molecule has 90 valence electrons. The van der Waals surface area contributed by atoms with Crippen LogP contribution in [0.1, 0.15) is 23.0 Å². The number of benzene rings is 1. The van der Waals surface area contributed by atoms with E-state index in [0.717, 1.165) is 12.2 Å². The summed E-state index contributed by atoms with van der Waals surface area (Å²) in [6.45, 7) is 2.81. The van der Waals surface area contributed by atoms with E-state index in [0.29, 0.717) is 0 Å². The summed E-state index contributed by atoms with van der Waals surface area (Å²) in [5, 5.41) is 8.21. The second-order valence-corrected chi connectivity index (χ2v) is 6.06. The molecule has 2 rings (SSSR count). The van der Waals surface area contributed by atoms with Gasteiger partial charge in [0.25, 0.3) is 0 Å². The summed E-state index contributed by atoms with van der Waals surface area (Å²) in [6, 6.07) is 8.52. The zero-order valence-electron chi connectivity index (χ0n) is 9.80. The Morgan fingerprint density at radius 3 is 2.59 bits per heavy atom. The third kappa shape index (κ3) is 3.33. The van der Waals surface area contributed by atoms with Gasteiger partial charge in [0.2, 0.25) is 0 Å². The lowest BCUT2D eigenvalue weighted by Crippen LogP contribution is -2.00. The van der Waals surface area contributed by atoms with Crippen LogP contribution in [0.3, 0.4) is 0 Å². The lowest BCUT2D eigenvalue weighted by molar-refractivity contribution is 0.649. The molecule has 3 nitrogen and oxygen atoms in total. The van der Waals surface area contributed by atoms with Crippen LogP contribution in [0.15, 0.2) is 35.4 Å². The molecule has 0 fully saturated rings. The molecule has 17 heavy (non-hydrogen) atoms. The second kappa shape index (κ2) is 5.69. The minimum Gasteiger partial charge on any atom is -0.248 e. The molecule has 0 N–H and O–H groups in total. The van der Waals surface area contributed by atoms with Gasteiger partial charge in [0.05, 0.1) is 17.1 Å². The Bertz CT molecular complexity index is 479. The Balaban J connectivity index is 2.08. The maximum Gasteiger partial charge on any atom is 0.0960 e. The molecule has 1 unspecified atom stereocenters. The molecule has 0 aliphatic rings. The largest absolute Gasteiger partial charge is 0.248 e. The Labute approximate surface area is 114 Å². The fraction of sp³-hybridized carbons (Fsp3) is 0.333. The van der Waals surface area contributed by atoms with E-state index in [2.05, 4.69) is 56.8 Å². The van der Waals surface area contributed by atoms with Crippen molar-refractivity contribution in [1.29, 1.82) is 0 Å². The molecule has 0 saturated carbocycles. The first-order chi connectivity index (χ1) is 8.19. The van der Waals surface area contributed by atoms with Crippen molar-refractivity contribution in [2.24, 2.45) is 0 Å². The zero-order valence-corrected chi connectivity index (χ0v) is 12.2. The molecule has 2 aromatic rings. The van der Waals surface area contributed by atoms with Crippen LogP contribution in [-0.2, 0) is 6.54 Å². The standard InChI is InChI=1S/C12H14BrN3S/c1-9(13)12-8-16(15-14-12)7-10-3-5-11(17-2)6-4-10/h3-6,8-9H,7H2,1-2H3. The van der Waals surface area contributed by atoms with Gasteiger partial charge in [0.1, 0.15) is 0 Å². The normalized spacial score (nSPS) is 12.6. The molecule has 0 aliphatic heterocycles. The molecule has 0 radical (unpaired) electrons. The predicted molar refractivity (Wildman–Crippen MR) is 74.7 cm³/mol. The van der Waals surface area contributed by atoms with Gasteiger partial charge >= 0.3 is 0 Å². The van der Waals surface area contributed by atoms with Crippen molar-refractivity contribution in [3.8, 4) is 0 Å². The first kappa shape index (κ1) is 12.6. The molecule has 0 aliphatic carbocycles. The van der Waals surface area contributed by atoms with Crippen LogP contribution in [0.4, 0.5) is 0 Å². The van der Waals surface area contributed by atoms with Gasteiger partial charge in [-0.2, -0.15) is 0 Å². The van der Waals surface area contributed by atoms with Gasteiger partial charge < -0.3 is 0 Å². The van der Waals surface area contributed by atoms with Gasteiger partial charge in [0, 0.05) is 11.1 Å². The van der Waals surface area contributed by atoms with Crippen LogP contribution in [0.5, 0.6) is 0 Å². The average molecular weight is 312 g/mol. The highest BCUT2D eigenvalue weighted by Gasteiger charge is 2.06. The van der Waals surface area contributed by atoms with E-state index >= 15 is 0 Å². The molecule has 0 saturated heterocycles. The fourth-order valence-corrected chi connectivity index (χ4v) is 2.11. The van der Waals surface area contributed by atoms with Gasteiger partial charge in [-0.05, 0) is 30.9 Å². The summed E-state index contributed by atoms with van der Waals surface area (Å²) in [6.07, 6.45) is 4.05. The molecule has 1 aromatic heterocycles. The second-order valence-electron chi connectivity index (χ2n) is 3.81. The topological polar surface area (TPSA) is 30.7 Å². The summed E-state index contributed by atoms with van der Waals surface area (Å²) in [4.78, 5) is 1.53. The highest BCUT2D eigenvalue weighted by Crippen LogP contribution is 2.19. The average Bonchev–Trinajstić information content (AvgIpc) is 2.79. The van der Waals surface area contributed by atoms with Crippen molar-refractivity contribution in [2.45, 2.75) is 23.2 Å². The first-order valence-electron chi connectivity index (χ1n) is 5.36. The molecular weight excluding hydrogens is 298 g/mol. The molecule has 0 spiro atoms. The molecule has 1 heterocycles. The summed E-state index contributed by atoms with van der Waals surface area (Å²) < 4.78 is 1.86. The van der Waals surface area contributed by atoms with Gasteiger partial charge in [-0.15, -0.1) is 16.9 Å². The third-order valence-electron chi connectivity index (χ3n) is 2.47. The molecule has 1 aromatic carbocycles. The number of halogens is 1. The number of hydrogen-bond donors (Lipinski definition) is 0. The number of aromatic nitrogens is 3. The highest BCUT2D eigenvalue weighted by atomic mass is 79.9. The number of nitrogens with zero attached hydrogens (tertiary/aromatic N) is 3. The lowest BCUT2D eigenvalue weighted by atomic mass is 10.2. The number of alkyl halides is 1. The van der Waals surface area contributed by atoms with Crippen molar-refractivity contribution >= 4 is 27.7 Å². The summed E-state index contributed by atoms with van der Waals surface area (Å²) in [7, 11) is 0.